The van der Waals surface area contributed by atoms with E-state index in [0.717, 1.165) is 0 Å². The maximum absolute atomic E-state index is 11.5. The van der Waals surface area contributed by atoms with Gasteiger partial charge in [0.2, 0.25) is 0 Å². The molecule has 9 heteroatoms. The van der Waals surface area contributed by atoms with Crippen molar-refractivity contribution >= 4 is 17.9 Å². The molecule has 1 aromatic rings. The maximum atomic E-state index is 11.5. The minimum absolute atomic E-state index is 0.0989. The van der Waals surface area contributed by atoms with Crippen molar-refractivity contribution in [2.45, 2.75) is 39.2 Å². The van der Waals surface area contributed by atoms with Gasteiger partial charge >= 0.3 is 12.2 Å². The standard InChI is InChI=1S/C16H22N2O7/c1-16(2,3)25-14(19)17-10-4-5-11-23-15(20)24-13-8-6-12(7-9-13)18(21)22/h6-9H,4-5,10-11H2,1-3H3,(H,17,19). The van der Waals surface area contributed by atoms with Crippen molar-refractivity contribution in [2.24, 2.45) is 0 Å². The van der Waals surface area contributed by atoms with Gasteiger partial charge in [-0.25, -0.2) is 9.59 Å². The third-order valence-electron chi connectivity index (χ3n) is 2.71. The van der Waals surface area contributed by atoms with Gasteiger partial charge in [-0.05, 0) is 45.7 Å². The van der Waals surface area contributed by atoms with E-state index in [1.54, 1.807) is 20.8 Å². The number of hydrogen-bond donors (Lipinski definition) is 1. The highest BCUT2D eigenvalue weighted by Gasteiger charge is 2.15. The molecule has 0 aromatic heterocycles. The first-order chi connectivity index (χ1) is 11.7. The van der Waals surface area contributed by atoms with Crippen LogP contribution in [0.15, 0.2) is 24.3 Å². The summed E-state index contributed by atoms with van der Waals surface area (Å²) in [6, 6.07) is 5.07. The lowest BCUT2D eigenvalue weighted by atomic mass is 10.2. The van der Waals surface area contributed by atoms with Gasteiger partial charge in [-0.3, -0.25) is 10.1 Å². The van der Waals surface area contributed by atoms with Gasteiger partial charge in [-0.2, -0.15) is 0 Å². The van der Waals surface area contributed by atoms with Gasteiger partial charge in [0.05, 0.1) is 11.5 Å². The predicted octanol–water partition coefficient (Wildman–Crippen LogP) is 3.42. The van der Waals surface area contributed by atoms with Crippen LogP contribution < -0.4 is 10.1 Å². The molecule has 1 N–H and O–H groups in total. The van der Waals surface area contributed by atoms with Crippen LogP contribution in [0, 0.1) is 10.1 Å². The van der Waals surface area contributed by atoms with E-state index >= 15 is 0 Å². The molecule has 1 amide bonds. The molecule has 0 bridgehead atoms. The number of carbonyl (C=O) groups excluding carboxylic acids is 2. The lowest BCUT2D eigenvalue weighted by molar-refractivity contribution is -0.384. The number of nitrogens with one attached hydrogen (secondary N) is 1. The van der Waals surface area contributed by atoms with Crippen LogP contribution in [0.1, 0.15) is 33.6 Å². The number of non-ortho nitro benzene ring substituents is 1. The van der Waals surface area contributed by atoms with E-state index in [-0.39, 0.29) is 18.0 Å². The molecule has 138 valence electrons. The first kappa shape index (κ1) is 20.2. The van der Waals surface area contributed by atoms with Crippen molar-refractivity contribution in [3.63, 3.8) is 0 Å². The van der Waals surface area contributed by atoms with Gasteiger partial charge in [0, 0.05) is 18.7 Å². The van der Waals surface area contributed by atoms with Gasteiger partial charge in [-0.15, -0.1) is 0 Å². The highest BCUT2D eigenvalue weighted by Crippen LogP contribution is 2.17. The molecule has 0 spiro atoms. The Kier molecular flexibility index (Phi) is 7.64. The smallest absolute Gasteiger partial charge is 0.444 e. The van der Waals surface area contributed by atoms with E-state index in [1.165, 1.54) is 24.3 Å². The summed E-state index contributed by atoms with van der Waals surface area (Å²) in [4.78, 5) is 32.8. The fraction of sp³-hybridized carbons (Fsp3) is 0.500. The largest absolute Gasteiger partial charge is 0.513 e. The van der Waals surface area contributed by atoms with Crippen LogP contribution in [0.4, 0.5) is 15.3 Å². The Morgan fingerprint density at radius 3 is 2.36 bits per heavy atom. The fourth-order valence-corrected chi connectivity index (χ4v) is 1.65. The van der Waals surface area contributed by atoms with E-state index in [4.69, 9.17) is 14.2 Å². The number of nitro benzene ring substituents is 1. The minimum Gasteiger partial charge on any atom is -0.444 e. The molecule has 0 atom stereocenters. The number of benzene rings is 1. The SMILES string of the molecule is CC(C)(C)OC(=O)NCCCCOC(=O)Oc1ccc([N+](=O)[O-])cc1. The first-order valence-electron chi connectivity index (χ1n) is 7.73. The van der Waals surface area contributed by atoms with Crippen molar-refractivity contribution in [3.05, 3.63) is 34.4 Å². The van der Waals surface area contributed by atoms with Gasteiger partial charge < -0.3 is 19.5 Å². The van der Waals surface area contributed by atoms with Gasteiger partial charge in [0.25, 0.3) is 5.69 Å². The fourth-order valence-electron chi connectivity index (χ4n) is 1.65. The lowest BCUT2D eigenvalue weighted by Crippen LogP contribution is -2.33. The third kappa shape index (κ3) is 9.14. The molecule has 1 rings (SSSR count). The summed E-state index contributed by atoms with van der Waals surface area (Å²) < 4.78 is 14.8. The molecule has 0 aliphatic heterocycles. The normalized spacial score (nSPS) is 10.7. The average molecular weight is 354 g/mol. The molecular weight excluding hydrogens is 332 g/mol. The zero-order valence-corrected chi connectivity index (χ0v) is 14.4. The van der Waals surface area contributed by atoms with Crippen LogP contribution in [0.2, 0.25) is 0 Å². The molecule has 0 aliphatic carbocycles. The summed E-state index contributed by atoms with van der Waals surface area (Å²) in [5, 5.41) is 13.1. The zero-order chi connectivity index (χ0) is 18.9. The summed E-state index contributed by atoms with van der Waals surface area (Å²) in [5.41, 5.74) is -0.646. The second-order valence-electron chi connectivity index (χ2n) is 6.09. The Morgan fingerprint density at radius 1 is 1.16 bits per heavy atom. The number of nitro groups is 1. The molecule has 0 radical (unpaired) electrons. The van der Waals surface area contributed by atoms with Crippen molar-refractivity contribution < 1.29 is 28.7 Å². The molecule has 1 aromatic carbocycles. The van der Waals surface area contributed by atoms with Crippen LogP contribution in [0.3, 0.4) is 0 Å². The number of rotatable bonds is 7. The monoisotopic (exact) mass is 354 g/mol. The number of amides is 1. The molecule has 9 nitrogen and oxygen atoms in total. The number of carbonyl (C=O) groups is 2. The molecule has 0 fully saturated rings. The number of alkyl carbamates (subject to hydrolysis) is 1. The summed E-state index contributed by atoms with van der Waals surface area (Å²) in [5.74, 6) is 0.155. The van der Waals surface area contributed by atoms with Crippen molar-refractivity contribution in [1.82, 2.24) is 5.32 Å². The average Bonchev–Trinajstić information content (AvgIpc) is 2.49. The van der Waals surface area contributed by atoms with Crippen LogP contribution in [-0.4, -0.2) is 35.9 Å². The van der Waals surface area contributed by atoms with E-state index in [0.29, 0.717) is 19.4 Å². The molecule has 0 heterocycles. The van der Waals surface area contributed by atoms with Gasteiger partial charge in [0.15, 0.2) is 0 Å². The number of hydrogen-bond acceptors (Lipinski definition) is 7. The number of nitrogens with zero attached hydrogens (tertiary/aromatic N) is 1. The second kappa shape index (κ2) is 9.45. The summed E-state index contributed by atoms with van der Waals surface area (Å²) >= 11 is 0. The molecule has 25 heavy (non-hydrogen) atoms. The quantitative estimate of drug-likeness (QED) is 0.262. The topological polar surface area (TPSA) is 117 Å². The van der Waals surface area contributed by atoms with Crippen LogP contribution in [-0.2, 0) is 9.47 Å². The Labute approximate surface area is 145 Å². The summed E-state index contributed by atoms with van der Waals surface area (Å²) in [7, 11) is 0. The molecule has 0 saturated heterocycles. The summed E-state index contributed by atoms with van der Waals surface area (Å²) in [6.07, 6.45) is -0.255. The second-order valence-corrected chi connectivity index (χ2v) is 6.09. The molecular formula is C16H22N2O7. The number of ether oxygens (including phenoxy) is 3. The molecule has 0 saturated carbocycles. The maximum Gasteiger partial charge on any atom is 0.513 e. The van der Waals surface area contributed by atoms with E-state index in [2.05, 4.69) is 5.32 Å². The van der Waals surface area contributed by atoms with Crippen molar-refractivity contribution in [3.8, 4) is 5.75 Å². The Hall–Kier alpha value is -2.84. The lowest BCUT2D eigenvalue weighted by Gasteiger charge is -2.19. The zero-order valence-electron chi connectivity index (χ0n) is 14.4. The molecule has 0 aliphatic rings. The molecule has 0 unspecified atom stereocenters. The first-order valence-corrected chi connectivity index (χ1v) is 7.73. The van der Waals surface area contributed by atoms with E-state index in [9.17, 15) is 19.7 Å². The number of unbranched alkanes of at least 4 members (excludes halogenated alkanes) is 1. The highest BCUT2D eigenvalue weighted by atomic mass is 16.7. The Bertz CT molecular complexity index is 593. The minimum atomic E-state index is -0.894. The Balaban J connectivity index is 2.14. The van der Waals surface area contributed by atoms with Crippen LogP contribution in [0.25, 0.3) is 0 Å². The third-order valence-corrected chi connectivity index (χ3v) is 2.71. The van der Waals surface area contributed by atoms with Crippen molar-refractivity contribution in [2.75, 3.05) is 13.2 Å². The van der Waals surface area contributed by atoms with Crippen molar-refractivity contribution in [1.29, 1.82) is 0 Å². The highest BCUT2D eigenvalue weighted by molar-refractivity contribution is 5.67. The van der Waals surface area contributed by atoms with E-state index < -0.39 is 22.8 Å². The predicted molar refractivity (Wildman–Crippen MR) is 88.5 cm³/mol. The Morgan fingerprint density at radius 2 is 1.80 bits per heavy atom. The van der Waals surface area contributed by atoms with Crippen LogP contribution in [0.5, 0.6) is 5.75 Å². The van der Waals surface area contributed by atoms with E-state index in [1.807, 2.05) is 0 Å². The van der Waals surface area contributed by atoms with Crippen LogP contribution >= 0.6 is 0 Å². The van der Waals surface area contributed by atoms with Gasteiger partial charge in [-0.1, -0.05) is 0 Å². The van der Waals surface area contributed by atoms with Gasteiger partial charge in [0.1, 0.15) is 11.4 Å². The summed E-state index contributed by atoms with van der Waals surface area (Å²) in [6.45, 7) is 5.85.